The summed E-state index contributed by atoms with van der Waals surface area (Å²) < 4.78 is 22.3. The molecule has 2 aromatic rings. The molecule has 2 aliphatic heterocycles. The third-order valence-electron chi connectivity index (χ3n) is 6.29. The van der Waals surface area contributed by atoms with Crippen LogP contribution in [-0.4, -0.2) is 61.8 Å². The Bertz CT molecular complexity index is 1130. The summed E-state index contributed by atoms with van der Waals surface area (Å²) in [5.74, 6) is 0.0914. The number of nitrogens with zero attached hydrogens (tertiary/aromatic N) is 1. The van der Waals surface area contributed by atoms with Crippen LogP contribution in [0.2, 0.25) is 0 Å². The molecule has 1 unspecified atom stereocenters. The first-order valence-corrected chi connectivity index (χ1v) is 12.4. The lowest BCUT2D eigenvalue weighted by Crippen LogP contribution is -2.31. The highest BCUT2D eigenvalue weighted by atomic mass is 16.6. The van der Waals surface area contributed by atoms with Crippen LogP contribution in [0.1, 0.15) is 49.8 Å². The minimum atomic E-state index is -0.755. The van der Waals surface area contributed by atoms with E-state index in [1.54, 1.807) is 25.3 Å². The number of ketones is 1. The first kappa shape index (κ1) is 25.6. The van der Waals surface area contributed by atoms with Crippen LogP contribution in [0.4, 0.5) is 0 Å². The summed E-state index contributed by atoms with van der Waals surface area (Å²) in [6, 6.07) is 11.6. The van der Waals surface area contributed by atoms with Gasteiger partial charge in [0.15, 0.2) is 11.5 Å². The molecule has 0 spiro atoms. The van der Waals surface area contributed by atoms with Gasteiger partial charge < -0.3 is 29.0 Å². The van der Waals surface area contributed by atoms with Gasteiger partial charge in [-0.3, -0.25) is 9.59 Å². The van der Waals surface area contributed by atoms with Crippen LogP contribution >= 0.6 is 0 Å². The number of carbonyl (C=O) groups is 2. The summed E-state index contributed by atoms with van der Waals surface area (Å²) in [6.45, 7) is 4.31. The summed E-state index contributed by atoms with van der Waals surface area (Å²) in [5.41, 5.74) is 1.11. The van der Waals surface area contributed by atoms with Crippen molar-refractivity contribution in [3.8, 4) is 17.2 Å². The van der Waals surface area contributed by atoms with Crippen molar-refractivity contribution in [1.82, 2.24) is 4.90 Å². The highest BCUT2D eigenvalue weighted by molar-refractivity contribution is 6.46. The lowest BCUT2D eigenvalue weighted by Gasteiger charge is -2.26. The number of amides is 1. The van der Waals surface area contributed by atoms with Gasteiger partial charge in [-0.1, -0.05) is 31.9 Å². The Hall–Kier alpha value is -3.52. The molecule has 4 rings (SSSR count). The normalized spacial score (nSPS) is 18.5. The Kier molecular flexibility index (Phi) is 8.48. The van der Waals surface area contributed by atoms with Crippen molar-refractivity contribution in [1.29, 1.82) is 0 Å². The maximum atomic E-state index is 13.2. The van der Waals surface area contributed by atoms with E-state index in [-0.39, 0.29) is 11.3 Å². The standard InChI is InChI=1S/C28H33NO7/c1-3-4-5-14-34-21-9-6-8-19(17-21)25-24(27(31)28(32)29(25)12-7-13-33-2)26(30)20-10-11-22-23(18-20)36-16-15-35-22/h6,8-11,17-18,25,30H,3-5,7,12-16H2,1-2H3/b26-24-. The molecule has 8 nitrogen and oxygen atoms in total. The van der Waals surface area contributed by atoms with Gasteiger partial charge in [-0.15, -0.1) is 0 Å². The van der Waals surface area contributed by atoms with E-state index in [2.05, 4.69) is 6.92 Å². The molecule has 0 aliphatic carbocycles. The van der Waals surface area contributed by atoms with E-state index >= 15 is 0 Å². The van der Waals surface area contributed by atoms with Crippen LogP contribution in [0.3, 0.4) is 0 Å². The van der Waals surface area contributed by atoms with Crippen LogP contribution in [0.5, 0.6) is 17.2 Å². The van der Waals surface area contributed by atoms with Crippen molar-refractivity contribution in [2.75, 3.05) is 40.1 Å². The van der Waals surface area contributed by atoms with Crippen LogP contribution in [0, 0.1) is 0 Å². The van der Waals surface area contributed by atoms with Crippen molar-refractivity contribution in [3.63, 3.8) is 0 Å². The van der Waals surface area contributed by atoms with E-state index in [1.807, 2.05) is 24.3 Å². The van der Waals surface area contributed by atoms with Gasteiger partial charge in [-0.2, -0.15) is 0 Å². The van der Waals surface area contributed by atoms with Crippen molar-refractivity contribution in [2.45, 2.75) is 38.6 Å². The Labute approximate surface area is 211 Å². The topological polar surface area (TPSA) is 94.5 Å². The SMILES string of the molecule is CCCCCOc1cccc(C2/C(=C(/O)c3ccc4c(c3)OCCO4)C(=O)C(=O)N2CCCOC)c1. The molecule has 0 radical (unpaired) electrons. The number of ether oxygens (including phenoxy) is 4. The second-order valence-corrected chi connectivity index (χ2v) is 8.83. The molecule has 192 valence electrons. The van der Waals surface area contributed by atoms with Gasteiger partial charge >= 0.3 is 0 Å². The third-order valence-corrected chi connectivity index (χ3v) is 6.29. The monoisotopic (exact) mass is 495 g/mol. The number of aliphatic hydroxyl groups is 1. The maximum absolute atomic E-state index is 13.2. The highest BCUT2D eigenvalue weighted by Gasteiger charge is 2.46. The molecular formula is C28H33NO7. The van der Waals surface area contributed by atoms with Crippen molar-refractivity contribution in [3.05, 3.63) is 59.2 Å². The lowest BCUT2D eigenvalue weighted by atomic mass is 9.95. The number of aliphatic hydroxyl groups excluding tert-OH is 1. The molecule has 1 saturated heterocycles. The molecule has 8 heteroatoms. The van der Waals surface area contributed by atoms with Gasteiger partial charge in [0.25, 0.3) is 11.7 Å². The fourth-order valence-electron chi connectivity index (χ4n) is 4.50. The summed E-state index contributed by atoms with van der Waals surface area (Å²) in [6.07, 6.45) is 3.67. The quantitative estimate of drug-likeness (QED) is 0.212. The Morgan fingerprint density at radius 2 is 1.83 bits per heavy atom. The zero-order chi connectivity index (χ0) is 25.5. The van der Waals surface area contributed by atoms with Crippen LogP contribution in [0.15, 0.2) is 48.0 Å². The van der Waals surface area contributed by atoms with Gasteiger partial charge in [0.05, 0.1) is 18.2 Å². The number of likely N-dealkylation sites (tertiary alicyclic amines) is 1. The van der Waals surface area contributed by atoms with Gasteiger partial charge in [0, 0.05) is 25.8 Å². The number of methoxy groups -OCH3 is 1. The summed E-state index contributed by atoms with van der Waals surface area (Å²) in [4.78, 5) is 27.8. The molecule has 1 amide bonds. The van der Waals surface area contributed by atoms with Crippen LogP contribution in [-0.2, 0) is 14.3 Å². The Morgan fingerprint density at radius 1 is 1.03 bits per heavy atom. The average molecular weight is 496 g/mol. The van der Waals surface area contributed by atoms with E-state index in [9.17, 15) is 14.7 Å². The van der Waals surface area contributed by atoms with Crippen LogP contribution < -0.4 is 14.2 Å². The van der Waals surface area contributed by atoms with Gasteiger partial charge in [0.2, 0.25) is 0 Å². The molecule has 2 heterocycles. The largest absolute Gasteiger partial charge is 0.507 e. The molecule has 1 atom stereocenters. The Morgan fingerprint density at radius 3 is 2.61 bits per heavy atom. The van der Waals surface area contributed by atoms with E-state index < -0.39 is 17.7 Å². The van der Waals surface area contributed by atoms with E-state index in [0.717, 1.165) is 19.3 Å². The van der Waals surface area contributed by atoms with E-state index in [0.29, 0.717) is 67.8 Å². The lowest BCUT2D eigenvalue weighted by molar-refractivity contribution is -0.140. The first-order valence-electron chi connectivity index (χ1n) is 12.4. The molecule has 1 N–H and O–H groups in total. The molecule has 0 aromatic heterocycles. The smallest absolute Gasteiger partial charge is 0.295 e. The zero-order valence-corrected chi connectivity index (χ0v) is 20.8. The van der Waals surface area contributed by atoms with Gasteiger partial charge in [-0.25, -0.2) is 0 Å². The minimum Gasteiger partial charge on any atom is -0.507 e. The second-order valence-electron chi connectivity index (χ2n) is 8.83. The summed E-state index contributed by atoms with van der Waals surface area (Å²) in [7, 11) is 1.59. The number of unbranched alkanes of at least 4 members (excludes halogenated alkanes) is 2. The fourth-order valence-corrected chi connectivity index (χ4v) is 4.50. The zero-order valence-electron chi connectivity index (χ0n) is 20.8. The molecule has 36 heavy (non-hydrogen) atoms. The number of hydrogen-bond donors (Lipinski definition) is 1. The second kappa shape index (κ2) is 11.9. The number of carbonyl (C=O) groups excluding carboxylic acids is 2. The van der Waals surface area contributed by atoms with Crippen LogP contribution in [0.25, 0.3) is 5.76 Å². The molecule has 2 aromatic carbocycles. The maximum Gasteiger partial charge on any atom is 0.295 e. The number of fused-ring (bicyclic) bond motifs is 1. The predicted octanol–water partition coefficient (Wildman–Crippen LogP) is 4.49. The number of rotatable bonds is 11. The molecule has 2 aliphatic rings. The third kappa shape index (κ3) is 5.49. The van der Waals surface area contributed by atoms with Gasteiger partial charge in [0.1, 0.15) is 24.7 Å². The minimum absolute atomic E-state index is 0.0391. The summed E-state index contributed by atoms with van der Waals surface area (Å²) >= 11 is 0. The van der Waals surface area contributed by atoms with Crippen molar-refractivity contribution in [2.24, 2.45) is 0 Å². The fraction of sp³-hybridized carbons (Fsp3) is 0.429. The van der Waals surface area contributed by atoms with Gasteiger partial charge in [-0.05, 0) is 48.7 Å². The number of Topliss-reactive ketones (excluding diaryl/α,β-unsaturated/α-hetero) is 1. The summed E-state index contributed by atoms with van der Waals surface area (Å²) in [5, 5.41) is 11.3. The first-order chi connectivity index (χ1) is 17.5. The van der Waals surface area contributed by atoms with Crippen molar-refractivity contribution >= 4 is 17.4 Å². The molecule has 0 bridgehead atoms. The van der Waals surface area contributed by atoms with Crippen molar-refractivity contribution < 1.29 is 33.6 Å². The molecule has 1 fully saturated rings. The van der Waals surface area contributed by atoms with E-state index in [4.69, 9.17) is 18.9 Å². The molecular weight excluding hydrogens is 462 g/mol. The Balaban J connectivity index is 1.73. The van der Waals surface area contributed by atoms with E-state index in [1.165, 1.54) is 4.90 Å². The molecule has 0 saturated carbocycles. The number of hydrogen-bond acceptors (Lipinski definition) is 7. The predicted molar refractivity (Wildman–Crippen MR) is 134 cm³/mol. The highest BCUT2D eigenvalue weighted by Crippen LogP contribution is 2.41. The average Bonchev–Trinajstić information content (AvgIpc) is 3.16. The number of benzene rings is 2.